The monoisotopic (exact) mass is 335 g/mol. The van der Waals surface area contributed by atoms with Crippen LogP contribution in [0.3, 0.4) is 0 Å². The van der Waals surface area contributed by atoms with Crippen molar-refractivity contribution in [3.8, 4) is 11.3 Å². The molecule has 0 amide bonds. The maximum absolute atomic E-state index is 12.7. The predicted octanol–water partition coefficient (Wildman–Crippen LogP) is 5.28. The molecular formula is C16H12F3N3S. The topological polar surface area (TPSA) is 37.8 Å². The number of hydrogen-bond acceptors (Lipinski definition) is 4. The fourth-order valence-corrected chi connectivity index (χ4v) is 2.97. The Bertz CT molecular complexity index is 813. The molecule has 0 saturated heterocycles. The molecule has 0 saturated carbocycles. The molecule has 1 N–H and O–H groups in total. The summed E-state index contributed by atoms with van der Waals surface area (Å²) in [7, 11) is 0. The van der Waals surface area contributed by atoms with Crippen LogP contribution in [0.4, 0.5) is 24.0 Å². The van der Waals surface area contributed by atoms with Crippen LogP contribution in [0.1, 0.15) is 10.4 Å². The van der Waals surface area contributed by atoms with E-state index in [1.54, 1.807) is 18.5 Å². The number of anilines is 2. The molecule has 2 aromatic heterocycles. The number of aryl methyl sites for hydroxylation is 1. The molecule has 23 heavy (non-hydrogen) atoms. The van der Waals surface area contributed by atoms with Gasteiger partial charge in [0.05, 0.1) is 11.3 Å². The third-order valence-electron chi connectivity index (χ3n) is 3.17. The molecule has 0 atom stereocenters. The van der Waals surface area contributed by atoms with Crippen LogP contribution in [0.15, 0.2) is 48.8 Å². The Balaban J connectivity index is 1.87. The van der Waals surface area contributed by atoms with Crippen LogP contribution in [0.25, 0.3) is 11.3 Å². The van der Waals surface area contributed by atoms with Crippen LogP contribution in [-0.2, 0) is 6.18 Å². The second-order valence-electron chi connectivity index (χ2n) is 4.87. The molecule has 0 aliphatic carbocycles. The quantitative estimate of drug-likeness (QED) is 0.708. The van der Waals surface area contributed by atoms with Crippen molar-refractivity contribution in [3.63, 3.8) is 0 Å². The first kappa shape index (κ1) is 15.5. The predicted molar refractivity (Wildman–Crippen MR) is 84.8 cm³/mol. The van der Waals surface area contributed by atoms with Crippen LogP contribution in [-0.4, -0.2) is 9.97 Å². The summed E-state index contributed by atoms with van der Waals surface area (Å²) in [4.78, 5) is 9.47. The molecule has 0 bridgehead atoms. The van der Waals surface area contributed by atoms with Gasteiger partial charge in [-0.05, 0) is 37.3 Å². The first-order valence-corrected chi connectivity index (χ1v) is 7.57. The van der Waals surface area contributed by atoms with E-state index >= 15 is 0 Å². The van der Waals surface area contributed by atoms with E-state index in [0.29, 0.717) is 10.8 Å². The maximum atomic E-state index is 12.7. The summed E-state index contributed by atoms with van der Waals surface area (Å²) in [6, 6.07) is 8.76. The molecular weight excluding hydrogens is 323 g/mol. The van der Waals surface area contributed by atoms with E-state index < -0.39 is 11.7 Å². The van der Waals surface area contributed by atoms with Gasteiger partial charge < -0.3 is 5.32 Å². The third kappa shape index (κ3) is 3.50. The molecule has 0 aliphatic rings. The zero-order valence-electron chi connectivity index (χ0n) is 12.1. The number of thiazole rings is 1. The first-order chi connectivity index (χ1) is 10.9. The minimum Gasteiger partial charge on any atom is -0.332 e. The van der Waals surface area contributed by atoms with Crippen LogP contribution >= 0.6 is 11.3 Å². The Kier molecular flexibility index (Phi) is 4.04. The number of pyridine rings is 1. The molecule has 3 aromatic rings. The Hall–Kier alpha value is -2.41. The molecule has 3 rings (SSSR count). The maximum Gasteiger partial charge on any atom is 0.416 e. The smallest absolute Gasteiger partial charge is 0.332 e. The van der Waals surface area contributed by atoms with Gasteiger partial charge >= 0.3 is 6.18 Å². The lowest BCUT2D eigenvalue weighted by atomic mass is 10.2. The highest BCUT2D eigenvalue weighted by molar-refractivity contribution is 7.16. The molecule has 118 valence electrons. The number of benzene rings is 1. The van der Waals surface area contributed by atoms with Crippen molar-refractivity contribution in [2.24, 2.45) is 0 Å². The van der Waals surface area contributed by atoms with Crippen LogP contribution in [0.2, 0.25) is 0 Å². The van der Waals surface area contributed by atoms with Gasteiger partial charge in [0.25, 0.3) is 0 Å². The van der Waals surface area contributed by atoms with Crippen molar-refractivity contribution in [2.75, 3.05) is 5.32 Å². The summed E-state index contributed by atoms with van der Waals surface area (Å²) in [6.45, 7) is 1.91. The van der Waals surface area contributed by atoms with Crippen LogP contribution in [0.5, 0.6) is 0 Å². The summed E-state index contributed by atoms with van der Waals surface area (Å²) in [5, 5.41) is 3.48. The molecule has 7 heteroatoms. The molecule has 2 heterocycles. The van der Waals surface area contributed by atoms with E-state index in [4.69, 9.17) is 0 Å². The Morgan fingerprint density at radius 2 is 1.96 bits per heavy atom. The minimum absolute atomic E-state index is 0.353. The zero-order valence-corrected chi connectivity index (χ0v) is 12.9. The van der Waals surface area contributed by atoms with E-state index in [-0.39, 0.29) is 0 Å². The normalized spacial score (nSPS) is 11.5. The van der Waals surface area contributed by atoms with Crippen molar-refractivity contribution < 1.29 is 13.2 Å². The molecule has 0 unspecified atom stereocenters. The number of nitrogens with zero attached hydrogens (tertiary/aromatic N) is 2. The highest BCUT2D eigenvalue weighted by atomic mass is 32.1. The van der Waals surface area contributed by atoms with Gasteiger partial charge in [0.15, 0.2) is 5.13 Å². The van der Waals surface area contributed by atoms with E-state index in [1.165, 1.54) is 17.4 Å². The number of nitrogens with one attached hydrogen (secondary N) is 1. The summed E-state index contributed by atoms with van der Waals surface area (Å²) in [6.07, 6.45) is -0.986. The molecule has 0 fully saturated rings. The number of rotatable bonds is 3. The lowest BCUT2D eigenvalue weighted by molar-refractivity contribution is -0.137. The Morgan fingerprint density at radius 3 is 2.65 bits per heavy atom. The fourth-order valence-electron chi connectivity index (χ4n) is 2.12. The van der Waals surface area contributed by atoms with Crippen molar-refractivity contribution in [3.05, 3.63) is 59.2 Å². The average Bonchev–Trinajstić information content (AvgIpc) is 2.88. The van der Waals surface area contributed by atoms with Gasteiger partial charge in [-0.3, -0.25) is 4.98 Å². The van der Waals surface area contributed by atoms with Gasteiger partial charge in [-0.1, -0.05) is 6.07 Å². The number of halogens is 3. The van der Waals surface area contributed by atoms with Gasteiger partial charge in [0.1, 0.15) is 0 Å². The Labute approximate surface area is 134 Å². The molecule has 0 aliphatic heterocycles. The lowest BCUT2D eigenvalue weighted by Gasteiger charge is -2.08. The first-order valence-electron chi connectivity index (χ1n) is 6.75. The molecule has 0 spiro atoms. The van der Waals surface area contributed by atoms with Gasteiger partial charge in [-0.25, -0.2) is 4.98 Å². The van der Waals surface area contributed by atoms with Crippen molar-refractivity contribution in [1.29, 1.82) is 0 Å². The summed E-state index contributed by atoms with van der Waals surface area (Å²) in [5.41, 5.74) is 1.31. The fraction of sp³-hybridized carbons (Fsp3) is 0.125. The highest BCUT2D eigenvalue weighted by Gasteiger charge is 2.30. The molecule has 3 nitrogen and oxygen atoms in total. The Morgan fingerprint density at radius 1 is 1.13 bits per heavy atom. The van der Waals surface area contributed by atoms with Gasteiger partial charge in [0, 0.05) is 28.5 Å². The third-order valence-corrected chi connectivity index (χ3v) is 4.06. The van der Waals surface area contributed by atoms with E-state index in [0.717, 1.165) is 28.3 Å². The summed E-state index contributed by atoms with van der Waals surface area (Å²) in [5.74, 6) is 0. The summed E-state index contributed by atoms with van der Waals surface area (Å²) < 4.78 is 38.2. The van der Waals surface area contributed by atoms with Crippen molar-refractivity contribution >= 4 is 22.2 Å². The van der Waals surface area contributed by atoms with Crippen LogP contribution in [0, 0.1) is 6.92 Å². The number of alkyl halides is 3. The van der Waals surface area contributed by atoms with Crippen LogP contribution < -0.4 is 5.32 Å². The van der Waals surface area contributed by atoms with E-state index in [1.807, 2.05) is 19.1 Å². The van der Waals surface area contributed by atoms with E-state index in [9.17, 15) is 13.2 Å². The van der Waals surface area contributed by atoms with Crippen molar-refractivity contribution in [1.82, 2.24) is 9.97 Å². The average molecular weight is 335 g/mol. The number of hydrogen-bond donors (Lipinski definition) is 1. The lowest BCUT2D eigenvalue weighted by Crippen LogP contribution is -2.05. The van der Waals surface area contributed by atoms with Gasteiger partial charge in [-0.15, -0.1) is 11.3 Å². The van der Waals surface area contributed by atoms with Crippen molar-refractivity contribution in [2.45, 2.75) is 13.1 Å². The largest absolute Gasteiger partial charge is 0.416 e. The van der Waals surface area contributed by atoms with Gasteiger partial charge in [-0.2, -0.15) is 13.2 Å². The SMILES string of the molecule is Cc1sc(Nc2cccc(C(F)(F)F)c2)nc1-c1cccnc1. The van der Waals surface area contributed by atoms with E-state index in [2.05, 4.69) is 15.3 Å². The zero-order chi connectivity index (χ0) is 16.4. The highest BCUT2D eigenvalue weighted by Crippen LogP contribution is 2.34. The second-order valence-corrected chi connectivity index (χ2v) is 6.07. The minimum atomic E-state index is -4.36. The van der Waals surface area contributed by atoms with Gasteiger partial charge in [0.2, 0.25) is 0 Å². The molecule has 0 radical (unpaired) electrons. The molecule has 1 aromatic carbocycles. The number of aromatic nitrogens is 2. The second kappa shape index (κ2) is 6.00. The summed E-state index contributed by atoms with van der Waals surface area (Å²) >= 11 is 1.39. The standard InChI is InChI=1S/C16H12F3N3S/c1-10-14(11-4-3-7-20-9-11)22-15(23-10)21-13-6-2-5-12(8-13)16(17,18)19/h2-9H,1H3,(H,21,22).